The van der Waals surface area contributed by atoms with Crippen LogP contribution in [0.5, 0.6) is 0 Å². The normalized spacial score (nSPS) is 12.2. The summed E-state index contributed by atoms with van der Waals surface area (Å²) in [5, 5.41) is 0. The van der Waals surface area contributed by atoms with E-state index in [4.69, 9.17) is 0 Å². The van der Waals surface area contributed by atoms with E-state index in [-0.39, 0.29) is 17.7 Å². The van der Waals surface area contributed by atoms with Crippen LogP contribution >= 0.6 is 0 Å². The molecule has 0 aliphatic rings. The molecule has 0 N–H and O–H groups in total. The Bertz CT molecular complexity index is 192. The summed E-state index contributed by atoms with van der Waals surface area (Å²) in [6.07, 6.45) is -5.71. The zero-order valence-electron chi connectivity index (χ0n) is 6.50. The van der Waals surface area contributed by atoms with Crippen molar-refractivity contribution >= 4 is 25.8 Å². The number of hydrogen-bond acceptors (Lipinski definition) is 3. The van der Waals surface area contributed by atoms with E-state index in [9.17, 15) is 27.6 Å². The monoisotopic (exact) mass is 212 g/mol. The Labute approximate surface area is 72.9 Å². The van der Waals surface area contributed by atoms with E-state index in [1.54, 1.807) is 0 Å². The summed E-state index contributed by atoms with van der Waals surface area (Å²) < 4.78 is 35.0. The van der Waals surface area contributed by atoms with Crippen LogP contribution in [0.25, 0.3) is 0 Å². The Hall–Kier alpha value is -0.983. The lowest BCUT2D eigenvalue weighted by molar-refractivity contribution is -0.130. The molecule has 0 saturated heterocycles. The van der Waals surface area contributed by atoms with Crippen LogP contribution in [0.15, 0.2) is 0 Å². The highest BCUT2D eigenvalue weighted by Gasteiger charge is 2.38. The van der Waals surface area contributed by atoms with Crippen LogP contribution in [0, 0.1) is 0 Å². The van der Waals surface area contributed by atoms with E-state index in [1.165, 1.54) is 0 Å². The van der Waals surface area contributed by atoms with Gasteiger partial charge in [-0.1, -0.05) is 0 Å². The standard InChI is InChI=1S/C6H7F3O3Si/c7-6(8,9)1-2-13(3-10,4-11)5-12/h3-5H,1-2H2. The fraction of sp³-hybridized carbons (Fsp3) is 0.500. The highest BCUT2D eigenvalue weighted by molar-refractivity contribution is 7.32. The van der Waals surface area contributed by atoms with Gasteiger partial charge in [-0.05, 0) is 6.04 Å². The molecule has 3 nitrogen and oxygen atoms in total. The minimum atomic E-state index is -4.44. The number of carbonyl (C=O) groups is 3. The van der Waals surface area contributed by atoms with Crippen molar-refractivity contribution in [1.82, 2.24) is 0 Å². The molecule has 0 saturated carbocycles. The lowest BCUT2D eigenvalue weighted by Gasteiger charge is -2.11. The Balaban J connectivity index is 4.36. The zero-order valence-corrected chi connectivity index (χ0v) is 7.50. The average Bonchev–Trinajstić information content (AvgIpc) is 2.06. The molecule has 0 aromatic rings. The first-order valence-corrected chi connectivity index (χ1v) is 5.79. The van der Waals surface area contributed by atoms with E-state index in [1.807, 2.05) is 0 Å². The van der Waals surface area contributed by atoms with Gasteiger partial charge in [0.1, 0.15) is 17.7 Å². The van der Waals surface area contributed by atoms with Crippen molar-refractivity contribution in [2.24, 2.45) is 0 Å². The zero-order chi connectivity index (χ0) is 10.5. The summed E-state index contributed by atoms with van der Waals surface area (Å²) in [5.74, 6) is 0.205. The molecule has 0 aromatic heterocycles. The third-order valence-corrected chi connectivity index (χ3v) is 3.93. The van der Waals surface area contributed by atoms with Crippen molar-refractivity contribution < 1.29 is 27.6 Å². The lowest BCUT2D eigenvalue weighted by atomic mass is 10.5. The van der Waals surface area contributed by atoms with Gasteiger partial charge in [-0.15, -0.1) is 0 Å². The highest BCUT2D eigenvalue weighted by atomic mass is 28.3. The highest BCUT2D eigenvalue weighted by Crippen LogP contribution is 2.24. The van der Waals surface area contributed by atoms with Crippen LogP contribution in [0.1, 0.15) is 6.42 Å². The van der Waals surface area contributed by atoms with Crippen molar-refractivity contribution in [3.63, 3.8) is 0 Å². The van der Waals surface area contributed by atoms with Gasteiger partial charge in [-0.25, -0.2) is 0 Å². The van der Waals surface area contributed by atoms with Gasteiger partial charge < -0.3 is 14.4 Å². The fourth-order valence-corrected chi connectivity index (χ4v) is 1.86. The van der Waals surface area contributed by atoms with E-state index < -0.39 is 26.7 Å². The van der Waals surface area contributed by atoms with Gasteiger partial charge in [-0.2, -0.15) is 13.2 Å². The molecule has 0 amide bonds. The number of rotatable bonds is 5. The molecule has 0 unspecified atom stereocenters. The number of alkyl halides is 3. The molecule has 0 rings (SSSR count). The van der Waals surface area contributed by atoms with Gasteiger partial charge in [0.2, 0.25) is 0 Å². The second-order valence-electron chi connectivity index (χ2n) is 2.58. The number of carbonyl (C=O) groups excluding carboxylic acids is 3. The Morgan fingerprint density at radius 2 is 1.38 bits per heavy atom. The second-order valence-corrected chi connectivity index (χ2v) is 6.01. The van der Waals surface area contributed by atoms with Gasteiger partial charge in [0.05, 0.1) is 0 Å². The van der Waals surface area contributed by atoms with E-state index in [2.05, 4.69) is 0 Å². The van der Waals surface area contributed by atoms with E-state index in [0.29, 0.717) is 0 Å². The topological polar surface area (TPSA) is 51.2 Å². The first-order chi connectivity index (χ1) is 5.89. The van der Waals surface area contributed by atoms with E-state index in [0.717, 1.165) is 0 Å². The smallest absolute Gasteiger partial charge is 0.308 e. The largest absolute Gasteiger partial charge is 0.388 e. The quantitative estimate of drug-likeness (QED) is 0.498. The molecular formula is C6H7F3O3Si. The SMILES string of the molecule is O=C[Si](C=O)(C=O)CCC(F)(F)F. The molecule has 0 spiro atoms. The van der Waals surface area contributed by atoms with Crippen molar-refractivity contribution in [2.75, 3.05) is 0 Å². The molecule has 7 heteroatoms. The first-order valence-electron chi connectivity index (χ1n) is 3.35. The van der Waals surface area contributed by atoms with Crippen LogP contribution < -0.4 is 0 Å². The molecule has 0 atom stereocenters. The molecule has 13 heavy (non-hydrogen) atoms. The van der Waals surface area contributed by atoms with Crippen molar-refractivity contribution in [2.45, 2.75) is 18.6 Å². The van der Waals surface area contributed by atoms with Crippen LogP contribution in [0.4, 0.5) is 13.2 Å². The number of hydrogen-bond donors (Lipinski definition) is 0. The van der Waals surface area contributed by atoms with Gasteiger partial charge in [0, 0.05) is 6.42 Å². The van der Waals surface area contributed by atoms with Crippen LogP contribution in [0.3, 0.4) is 0 Å². The molecular weight excluding hydrogens is 205 g/mol. The Kier molecular flexibility index (Phi) is 3.98. The van der Waals surface area contributed by atoms with Gasteiger partial charge in [-0.3, -0.25) is 0 Å². The van der Waals surface area contributed by atoms with Gasteiger partial charge >= 0.3 is 6.18 Å². The minimum Gasteiger partial charge on any atom is -0.308 e. The maximum atomic E-state index is 11.7. The summed E-state index contributed by atoms with van der Waals surface area (Å²) >= 11 is 0. The molecule has 0 fully saturated rings. The fourth-order valence-electron chi connectivity index (χ4n) is 0.618. The van der Waals surface area contributed by atoms with Crippen LogP contribution in [-0.4, -0.2) is 32.0 Å². The van der Waals surface area contributed by atoms with Crippen molar-refractivity contribution in [3.05, 3.63) is 0 Å². The van der Waals surface area contributed by atoms with E-state index >= 15 is 0 Å². The molecule has 0 heterocycles. The first kappa shape index (κ1) is 12.0. The summed E-state index contributed by atoms with van der Waals surface area (Å²) in [4.78, 5) is 30.7. The minimum absolute atomic E-state index is 0.0682. The van der Waals surface area contributed by atoms with Gasteiger partial charge in [0.25, 0.3) is 8.07 Å². The predicted octanol–water partition coefficient (Wildman–Crippen LogP) is 0.703. The average molecular weight is 212 g/mol. The summed E-state index contributed by atoms with van der Waals surface area (Å²) in [6, 6.07) is -0.688. The molecule has 0 bridgehead atoms. The Morgan fingerprint density at radius 3 is 1.62 bits per heavy atom. The third kappa shape index (κ3) is 3.97. The molecule has 74 valence electrons. The van der Waals surface area contributed by atoms with Crippen molar-refractivity contribution in [3.8, 4) is 0 Å². The molecule has 0 aliphatic heterocycles. The maximum absolute atomic E-state index is 11.7. The van der Waals surface area contributed by atoms with Gasteiger partial charge in [0.15, 0.2) is 0 Å². The second kappa shape index (κ2) is 4.31. The van der Waals surface area contributed by atoms with Crippen LogP contribution in [-0.2, 0) is 14.4 Å². The molecule has 0 aromatic carbocycles. The Morgan fingerprint density at radius 1 is 1.00 bits per heavy atom. The maximum Gasteiger partial charge on any atom is 0.388 e. The summed E-state index contributed by atoms with van der Waals surface area (Å²) in [7, 11) is -3.59. The lowest BCUT2D eigenvalue weighted by Crippen LogP contribution is -2.42. The van der Waals surface area contributed by atoms with Crippen molar-refractivity contribution in [1.29, 1.82) is 0 Å². The molecule has 0 aliphatic carbocycles. The molecule has 0 radical (unpaired) electrons. The predicted molar refractivity (Wildman–Crippen MR) is 41.5 cm³/mol. The summed E-state index contributed by atoms with van der Waals surface area (Å²) in [6.45, 7) is 0. The summed E-state index contributed by atoms with van der Waals surface area (Å²) in [5.41, 5.74) is 0. The van der Waals surface area contributed by atoms with Crippen LogP contribution in [0.2, 0.25) is 6.04 Å². The third-order valence-electron chi connectivity index (χ3n) is 1.50. The number of halogens is 3.